The molecule has 0 saturated carbocycles. The molecule has 0 aromatic heterocycles. The van der Waals surface area contributed by atoms with Gasteiger partial charge in [0.1, 0.15) is 0 Å². The SMILES string of the molecule is CC1CCN(Cc2ccc(C#N)cc2)C1CO. The lowest BCUT2D eigenvalue weighted by Crippen LogP contribution is -2.34. The van der Waals surface area contributed by atoms with Crippen LogP contribution in [-0.2, 0) is 6.54 Å². The van der Waals surface area contributed by atoms with Crippen molar-refractivity contribution >= 4 is 0 Å². The molecule has 1 aliphatic heterocycles. The van der Waals surface area contributed by atoms with Crippen LogP contribution in [0.4, 0.5) is 0 Å². The smallest absolute Gasteiger partial charge is 0.0991 e. The molecule has 3 heteroatoms. The van der Waals surface area contributed by atoms with Gasteiger partial charge in [-0.3, -0.25) is 4.90 Å². The number of nitrogens with zero attached hydrogens (tertiary/aromatic N) is 2. The maximum absolute atomic E-state index is 9.38. The van der Waals surface area contributed by atoms with Crippen molar-refractivity contribution in [2.75, 3.05) is 13.2 Å². The van der Waals surface area contributed by atoms with Crippen molar-refractivity contribution in [3.63, 3.8) is 0 Å². The summed E-state index contributed by atoms with van der Waals surface area (Å²) in [6, 6.07) is 10.1. The van der Waals surface area contributed by atoms with Gasteiger partial charge in [-0.1, -0.05) is 19.1 Å². The van der Waals surface area contributed by atoms with E-state index in [0.717, 1.165) is 19.5 Å². The molecule has 0 aliphatic carbocycles. The van der Waals surface area contributed by atoms with E-state index in [0.29, 0.717) is 11.5 Å². The van der Waals surface area contributed by atoms with Gasteiger partial charge < -0.3 is 5.11 Å². The molecule has 90 valence electrons. The van der Waals surface area contributed by atoms with Crippen molar-refractivity contribution in [3.8, 4) is 6.07 Å². The molecule has 1 aromatic carbocycles. The molecular formula is C14H18N2O. The summed E-state index contributed by atoms with van der Waals surface area (Å²) in [5.41, 5.74) is 1.90. The summed E-state index contributed by atoms with van der Waals surface area (Å²) in [6.07, 6.45) is 1.15. The average Bonchev–Trinajstić information content (AvgIpc) is 2.71. The van der Waals surface area contributed by atoms with E-state index < -0.39 is 0 Å². The molecule has 0 bridgehead atoms. The highest BCUT2D eigenvalue weighted by atomic mass is 16.3. The Bertz CT molecular complexity index is 407. The zero-order chi connectivity index (χ0) is 12.3. The Labute approximate surface area is 102 Å². The summed E-state index contributed by atoms with van der Waals surface area (Å²) in [4.78, 5) is 2.33. The van der Waals surface area contributed by atoms with E-state index >= 15 is 0 Å². The first-order valence-electron chi connectivity index (χ1n) is 6.08. The minimum absolute atomic E-state index is 0.234. The van der Waals surface area contributed by atoms with E-state index in [1.807, 2.05) is 24.3 Å². The Hall–Kier alpha value is -1.37. The molecule has 0 spiro atoms. The van der Waals surface area contributed by atoms with Gasteiger partial charge in [-0.05, 0) is 36.6 Å². The highest BCUT2D eigenvalue weighted by Crippen LogP contribution is 2.25. The summed E-state index contributed by atoms with van der Waals surface area (Å²) >= 11 is 0. The first-order chi connectivity index (χ1) is 8.24. The fourth-order valence-corrected chi connectivity index (χ4v) is 2.50. The first kappa shape index (κ1) is 12.1. The molecule has 0 radical (unpaired) electrons. The summed E-state index contributed by atoms with van der Waals surface area (Å²) in [6.45, 7) is 4.34. The third kappa shape index (κ3) is 2.66. The predicted octanol–water partition coefficient (Wildman–Crippen LogP) is 1.76. The molecule has 3 nitrogen and oxygen atoms in total. The Kier molecular flexibility index (Phi) is 3.78. The molecule has 17 heavy (non-hydrogen) atoms. The predicted molar refractivity (Wildman–Crippen MR) is 66.2 cm³/mol. The van der Waals surface area contributed by atoms with Crippen molar-refractivity contribution in [1.29, 1.82) is 5.26 Å². The monoisotopic (exact) mass is 230 g/mol. The third-order valence-electron chi connectivity index (χ3n) is 3.65. The number of hydrogen-bond acceptors (Lipinski definition) is 3. The zero-order valence-electron chi connectivity index (χ0n) is 10.1. The fourth-order valence-electron chi connectivity index (χ4n) is 2.50. The van der Waals surface area contributed by atoms with Crippen LogP contribution in [-0.4, -0.2) is 29.2 Å². The standard InChI is InChI=1S/C14H18N2O/c1-11-6-7-16(14(11)10-17)9-13-4-2-12(8-15)3-5-13/h2-5,11,14,17H,6-7,9-10H2,1H3. The minimum atomic E-state index is 0.234. The molecule has 0 amide bonds. The van der Waals surface area contributed by atoms with Gasteiger partial charge in [-0.25, -0.2) is 0 Å². The normalized spacial score (nSPS) is 24.8. The number of aliphatic hydroxyl groups is 1. The van der Waals surface area contributed by atoms with E-state index in [4.69, 9.17) is 5.26 Å². The Morgan fingerprint density at radius 3 is 2.71 bits per heavy atom. The molecule has 1 aromatic rings. The number of hydrogen-bond donors (Lipinski definition) is 1. The maximum Gasteiger partial charge on any atom is 0.0991 e. The van der Waals surface area contributed by atoms with Crippen molar-refractivity contribution < 1.29 is 5.11 Å². The number of aliphatic hydroxyl groups excluding tert-OH is 1. The second-order valence-electron chi connectivity index (χ2n) is 4.80. The first-order valence-corrected chi connectivity index (χ1v) is 6.08. The Morgan fingerprint density at radius 1 is 1.41 bits per heavy atom. The third-order valence-corrected chi connectivity index (χ3v) is 3.65. The van der Waals surface area contributed by atoms with Gasteiger partial charge >= 0.3 is 0 Å². The summed E-state index contributed by atoms with van der Waals surface area (Å²) in [5, 5.41) is 18.1. The second kappa shape index (κ2) is 5.31. The van der Waals surface area contributed by atoms with Gasteiger partial charge in [0.05, 0.1) is 18.2 Å². The molecule has 1 heterocycles. The summed E-state index contributed by atoms with van der Waals surface area (Å²) < 4.78 is 0. The summed E-state index contributed by atoms with van der Waals surface area (Å²) in [5.74, 6) is 0.568. The quantitative estimate of drug-likeness (QED) is 0.860. The number of rotatable bonds is 3. The van der Waals surface area contributed by atoms with Crippen LogP contribution < -0.4 is 0 Å². The summed E-state index contributed by atoms with van der Waals surface area (Å²) in [7, 11) is 0. The molecule has 2 atom stereocenters. The van der Waals surface area contributed by atoms with Crippen LogP contribution in [0.3, 0.4) is 0 Å². The Balaban J connectivity index is 2.03. The maximum atomic E-state index is 9.38. The van der Waals surface area contributed by atoms with Crippen molar-refractivity contribution in [2.45, 2.75) is 25.9 Å². The van der Waals surface area contributed by atoms with Crippen LogP contribution in [0.5, 0.6) is 0 Å². The number of likely N-dealkylation sites (tertiary alicyclic amines) is 1. The Morgan fingerprint density at radius 2 is 2.12 bits per heavy atom. The van der Waals surface area contributed by atoms with Crippen LogP contribution in [0.15, 0.2) is 24.3 Å². The van der Waals surface area contributed by atoms with Crippen LogP contribution in [0, 0.1) is 17.2 Å². The van der Waals surface area contributed by atoms with Crippen molar-refractivity contribution in [3.05, 3.63) is 35.4 Å². The van der Waals surface area contributed by atoms with Gasteiger partial charge in [-0.15, -0.1) is 0 Å². The van der Waals surface area contributed by atoms with Crippen molar-refractivity contribution in [2.24, 2.45) is 5.92 Å². The molecule has 1 N–H and O–H groups in total. The van der Waals surface area contributed by atoms with E-state index in [1.54, 1.807) is 0 Å². The van der Waals surface area contributed by atoms with Gasteiger partial charge in [0.15, 0.2) is 0 Å². The van der Waals surface area contributed by atoms with E-state index in [9.17, 15) is 5.11 Å². The molecule has 1 saturated heterocycles. The molecule has 1 fully saturated rings. The van der Waals surface area contributed by atoms with Gasteiger partial charge in [0, 0.05) is 12.6 Å². The topological polar surface area (TPSA) is 47.3 Å². The van der Waals surface area contributed by atoms with Crippen LogP contribution in [0.2, 0.25) is 0 Å². The van der Waals surface area contributed by atoms with Crippen LogP contribution >= 0.6 is 0 Å². The lowest BCUT2D eigenvalue weighted by molar-refractivity contribution is 0.134. The number of benzene rings is 1. The van der Waals surface area contributed by atoms with Crippen molar-refractivity contribution in [1.82, 2.24) is 4.90 Å². The zero-order valence-corrected chi connectivity index (χ0v) is 10.1. The molecule has 2 unspecified atom stereocenters. The van der Waals surface area contributed by atoms with Gasteiger partial charge in [0.25, 0.3) is 0 Å². The molecule has 2 rings (SSSR count). The highest BCUT2D eigenvalue weighted by molar-refractivity contribution is 5.31. The lowest BCUT2D eigenvalue weighted by atomic mass is 10.0. The van der Waals surface area contributed by atoms with Gasteiger partial charge in [0.2, 0.25) is 0 Å². The van der Waals surface area contributed by atoms with E-state index in [2.05, 4.69) is 17.9 Å². The van der Waals surface area contributed by atoms with Gasteiger partial charge in [-0.2, -0.15) is 5.26 Å². The van der Waals surface area contributed by atoms with E-state index in [1.165, 1.54) is 5.56 Å². The van der Waals surface area contributed by atoms with Crippen LogP contribution in [0.1, 0.15) is 24.5 Å². The number of nitriles is 1. The fraction of sp³-hybridized carbons (Fsp3) is 0.500. The molecule has 1 aliphatic rings. The van der Waals surface area contributed by atoms with E-state index in [-0.39, 0.29) is 12.6 Å². The average molecular weight is 230 g/mol. The van der Waals surface area contributed by atoms with Crippen LogP contribution in [0.25, 0.3) is 0 Å². The molecular weight excluding hydrogens is 212 g/mol. The lowest BCUT2D eigenvalue weighted by Gasteiger charge is -2.24. The minimum Gasteiger partial charge on any atom is -0.395 e. The highest BCUT2D eigenvalue weighted by Gasteiger charge is 2.30. The largest absolute Gasteiger partial charge is 0.395 e. The second-order valence-corrected chi connectivity index (χ2v) is 4.80.